The van der Waals surface area contributed by atoms with Crippen molar-refractivity contribution in [2.24, 2.45) is 5.73 Å². The van der Waals surface area contributed by atoms with Crippen molar-refractivity contribution in [2.45, 2.75) is 13.3 Å². The molecule has 0 aliphatic rings. The second-order valence-corrected chi connectivity index (χ2v) is 6.29. The van der Waals surface area contributed by atoms with Crippen LogP contribution in [0.5, 0.6) is 23.0 Å². The monoisotopic (exact) mass is 402 g/mol. The quantitative estimate of drug-likeness (QED) is 0.628. The first-order valence-corrected chi connectivity index (χ1v) is 8.98. The Morgan fingerprint density at radius 3 is 2.14 bits per heavy atom. The maximum atomic E-state index is 12.6. The molecule has 0 aliphatic carbocycles. The summed E-state index contributed by atoms with van der Waals surface area (Å²) in [6, 6.07) is 8.94. The Balaban J connectivity index is 2.12. The van der Waals surface area contributed by atoms with Gasteiger partial charge in [-0.05, 0) is 37.1 Å². The van der Waals surface area contributed by atoms with E-state index in [1.54, 1.807) is 7.11 Å². The van der Waals surface area contributed by atoms with Crippen LogP contribution in [-0.4, -0.2) is 46.3 Å². The number of nitrogens with two attached hydrogens (primary N) is 1. The molecule has 2 aromatic carbocycles. The number of ether oxygens (including phenoxy) is 4. The summed E-state index contributed by atoms with van der Waals surface area (Å²) in [7, 11) is 4.47. The van der Waals surface area contributed by atoms with Crippen molar-refractivity contribution >= 4 is 11.8 Å². The third-order valence-corrected chi connectivity index (χ3v) is 4.20. The average molecular weight is 402 g/mol. The normalized spacial score (nSPS) is 10.2. The lowest BCUT2D eigenvalue weighted by Gasteiger charge is -2.15. The summed E-state index contributed by atoms with van der Waals surface area (Å²) in [4.78, 5) is 23.6. The van der Waals surface area contributed by atoms with E-state index in [1.807, 2.05) is 25.1 Å². The molecule has 0 aromatic heterocycles. The molecule has 0 atom stereocenters. The van der Waals surface area contributed by atoms with Crippen molar-refractivity contribution in [3.05, 3.63) is 47.0 Å². The van der Waals surface area contributed by atoms with Crippen molar-refractivity contribution in [3.8, 4) is 23.0 Å². The number of carbonyl (C=O) groups is 2. The number of hydrogen-bond acceptors (Lipinski definition) is 6. The molecule has 8 nitrogen and oxygen atoms in total. The van der Waals surface area contributed by atoms with Gasteiger partial charge < -0.3 is 30.0 Å². The van der Waals surface area contributed by atoms with Crippen molar-refractivity contribution in [1.82, 2.24) is 5.32 Å². The van der Waals surface area contributed by atoms with Crippen molar-refractivity contribution in [3.63, 3.8) is 0 Å². The fourth-order valence-corrected chi connectivity index (χ4v) is 2.81. The Morgan fingerprint density at radius 1 is 0.966 bits per heavy atom. The molecule has 0 saturated heterocycles. The first kappa shape index (κ1) is 21.9. The Labute approximate surface area is 169 Å². The smallest absolute Gasteiger partial charge is 0.255 e. The molecule has 2 rings (SSSR count). The van der Waals surface area contributed by atoms with Gasteiger partial charge in [0.2, 0.25) is 5.75 Å². The molecule has 2 amide bonds. The van der Waals surface area contributed by atoms with Gasteiger partial charge in [-0.15, -0.1) is 0 Å². The highest BCUT2D eigenvalue weighted by atomic mass is 16.5. The molecule has 156 valence electrons. The lowest BCUT2D eigenvalue weighted by Crippen LogP contribution is -2.26. The van der Waals surface area contributed by atoms with Crippen LogP contribution in [0.3, 0.4) is 0 Å². The zero-order valence-corrected chi connectivity index (χ0v) is 17.0. The summed E-state index contributed by atoms with van der Waals surface area (Å²) in [6.07, 6.45) is 0.616. The SMILES string of the molecule is COc1ccc(C)cc1CCNC(=O)c1cc(OC)c(OCC(N)=O)c(OC)c1. The lowest BCUT2D eigenvalue weighted by molar-refractivity contribution is -0.120. The topological polar surface area (TPSA) is 109 Å². The molecule has 3 N–H and O–H groups in total. The van der Waals surface area contributed by atoms with Gasteiger partial charge in [-0.2, -0.15) is 0 Å². The average Bonchev–Trinajstić information content (AvgIpc) is 2.71. The van der Waals surface area contributed by atoms with E-state index < -0.39 is 5.91 Å². The zero-order valence-electron chi connectivity index (χ0n) is 17.0. The number of benzene rings is 2. The molecule has 0 saturated carbocycles. The van der Waals surface area contributed by atoms with Crippen LogP contribution in [0, 0.1) is 6.92 Å². The third kappa shape index (κ3) is 5.78. The number of rotatable bonds is 10. The minimum absolute atomic E-state index is 0.204. The fourth-order valence-electron chi connectivity index (χ4n) is 2.81. The highest BCUT2D eigenvalue weighted by Crippen LogP contribution is 2.38. The van der Waals surface area contributed by atoms with E-state index in [9.17, 15) is 9.59 Å². The van der Waals surface area contributed by atoms with E-state index in [0.717, 1.165) is 16.9 Å². The van der Waals surface area contributed by atoms with E-state index in [0.29, 0.717) is 18.5 Å². The second-order valence-electron chi connectivity index (χ2n) is 6.29. The van der Waals surface area contributed by atoms with Gasteiger partial charge in [0, 0.05) is 12.1 Å². The summed E-state index contributed by atoms with van der Waals surface area (Å²) >= 11 is 0. The summed E-state index contributed by atoms with van der Waals surface area (Å²) in [5.74, 6) is 0.573. The third-order valence-electron chi connectivity index (χ3n) is 4.20. The standard InChI is InChI=1S/C21H26N2O6/c1-13-5-6-16(26-2)14(9-13)7-8-23-21(25)15-10-17(27-3)20(18(11-15)28-4)29-12-19(22)24/h5-6,9-11H,7-8,12H2,1-4H3,(H2,22,24)(H,23,25). The molecule has 0 radical (unpaired) electrons. The predicted octanol–water partition coefficient (Wildman–Crippen LogP) is 1.86. The van der Waals surface area contributed by atoms with Gasteiger partial charge in [0.05, 0.1) is 21.3 Å². The van der Waals surface area contributed by atoms with Crippen LogP contribution in [0.1, 0.15) is 21.5 Å². The number of aryl methyl sites for hydroxylation is 1. The van der Waals surface area contributed by atoms with E-state index in [4.69, 9.17) is 24.7 Å². The number of primary amides is 1. The minimum Gasteiger partial charge on any atom is -0.496 e. The first-order chi connectivity index (χ1) is 13.9. The van der Waals surface area contributed by atoms with Crippen LogP contribution in [0.2, 0.25) is 0 Å². The predicted molar refractivity (Wildman–Crippen MR) is 108 cm³/mol. The number of carbonyl (C=O) groups excluding carboxylic acids is 2. The molecule has 0 unspecified atom stereocenters. The van der Waals surface area contributed by atoms with Gasteiger partial charge in [0.15, 0.2) is 18.1 Å². The van der Waals surface area contributed by atoms with Gasteiger partial charge in [-0.25, -0.2) is 0 Å². The number of methoxy groups -OCH3 is 3. The highest BCUT2D eigenvalue weighted by molar-refractivity contribution is 5.95. The van der Waals surface area contributed by atoms with Gasteiger partial charge in [-0.1, -0.05) is 17.7 Å². The molecule has 0 aliphatic heterocycles. The van der Waals surface area contributed by atoms with E-state index in [1.165, 1.54) is 26.4 Å². The molecular formula is C21H26N2O6. The van der Waals surface area contributed by atoms with Crippen LogP contribution in [0.4, 0.5) is 0 Å². The Kier molecular flexibility index (Phi) is 7.70. The second kappa shape index (κ2) is 10.2. The molecule has 8 heteroatoms. The molecule has 29 heavy (non-hydrogen) atoms. The molecular weight excluding hydrogens is 376 g/mol. The van der Waals surface area contributed by atoms with Crippen LogP contribution >= 0.6 is 0 Å². The van der Waals surface area contributed by atoms with E-state index >= 15 is 0 Å². The van der Waals surface area contributed by atoms with Gasteiger partial charge in [-0.3, -0.25) is 9.59 Å². The van der Waals surface area contributed by atoms with Gasteiger partial charge >= 0.3 is 0 Å². The summed E-state index contributed by atoms with van der Waals surface area (Å²) < 4.78 is 21.3. The van der Waals surface area contributed by atoms with Crippen LogP contribution in [0.25, 0.3) is 0 Å². The Bertz CT molecular complexity index is 856. The zero-order chi connectivity index (χ0) is 21.4. The van der Waals surface area contributed by atoms with Crippen molar-refractivity contribution in [2.75, 3.05) is 34.5 Å². The molecule has 0 bridgehead atoms. The van der Waals surface area contributed by atoms with Gasteiger partial charge in [0.1, 0.15) is 5.75 Å². The highest BCUT2D eigenvalue weighted by Gasteiger charge is 2.18. The van der Waals surface area contributed by atoms with Crippen molar-refractivity contribution < 1.29 is 28.5 Å². The number of hydrogen-bond donors (Lipinski definition) is 2. The minimum atomic E-state index is -0.637. The molecule has 0 fully saturated rings. The number of nitrogens with one attached hydrogen (secondary N) is 1. The van der Waals surface area contributed by atoms with Crippen LogP contribution in [0.15, 0.2) is 30.3 Å². The van der Waals surface area contributed by atoms with Gasteiger partial charge in [0.25, 0.3) is 11.8 Å². The number of amides is 2. The largest absolute Gasteiger partial charge is 0.496 e. The molecule has 0 spiro atoms. The fraction of sp³-hybridized carbons (Fsp3) is 0.333. The summed E-state index contributed by atoms with van der Waals surface area (Å²) in [6.45, 7) is 2.09. The van der Waals surface area contributed by atoms with E-state index in [-0.39, 0.29) is 29.8 Å². The molecule has 2 aromatic rings. The van der Waals surface area contributed by atoms with Crippen LogP contribution in [-0.2, 0) is 11.2 Å². The first-order valence-electron chi connectivity index (χ1n) is 8.98. The molecule has 0 heterocycles. The van der Waals surface area contributed by atoms with Crippen LogP contribution < -0.4 is 30.0 Å². The lowest BCUT2D eigenvalue weighted by atomic mass is 10.1. The van der Waals surface area contributed by atoms with E-state index in [2.05, 4.69) is 5.32 Å². The maximum absolute atomic E-state index is 12.6. The van der Waals surface area contributed by atoms with Crippen molar-refractivity contribution in [1.29, 1.82) is 0 Å². The summed E-state index contributed by atoms with van der Waals surface area (Å²) in [5.41, 5.74) is 7.58. The Morgan fingerprint density at radius 2 is 1.59 bits per heavy atom. The summed E-state index contributed by atoms with van der Waals surface area (Å²) in [5, 5.41) is 2.87. The Hall–Kier alpha value is -3.42. The maximum Gasteiger partial charge on any atom is 0.255 e.